The van der Waals surface area contributed by atoms with Crippen molar-refractivity contribution in [3.63, 3.8) is 0 Å². The maximum atomic E-state index is 12.9. The van der Waals surface area contributed by atoms with Gasteiger partial charge in [-0.15, -0.1) is 0 Å². The highest BCUT2D eigenvalue weighted by Gasteiger charge is 2.21. The minimum absolute atomic E-state index is 0.0129. The molecule has 0 bridgehead atoms. The summed E-state index contributed by atoms with van der Waals surface area (Å²) < 4.78 is 33.6. The van der Waals surface area contributed by atoms with Crippen molar-refractivity contribution in [1.29, 1.82) is 0 Å². The maximum absolute atomic E-state index is 12.9. The van der Waals surface area contributed by atoms with Crippen LogP contribution in [-0.4, -0.2) is 26.0 Å². The van der Waals surface area contributed by atoms with E-state index in [1.807, 2.05) is 6.92 Å². The summed E-state index contributed by atoms with van der Waals surface area (Å²) in [5.74, 6) is 0.229. The number of aromatic hydroxyl groups is 1. The number of ether oxygens (including phenoxy) is 1. The molecule has 168 valence electrons. The molecule has 3 aromatic rings. The average molecular weight is 475 g/mol. The lowest BCUT2D eigenvalue weighted by Crippen LogP contribution is -2.27. The van der Waals surface area contributed by atoms with Gasteiger partial charge < -0.3 is 15.2 Å². The van der Waals surface area contributed by atoms with Crippen LogP contribution in [0.3, 0.4) is 0 Å². The lowest BCUT2D eigenvalue weighted by molar-refractivity contribution is 0.0939. The van der Waals surface area contributed by atoms with Gasteiger partial charge in [0.25, 0.3) is 15.9 Å². The highest BCUT2D eigenvalue weighted by atomic mass is 35.5. The summed E-state index contributed by atoms with van der Waals surface area (Å²) in [7, 11) is -4.05. The van der Waals surface area contributed by atoms with Crippen LogP contribution in [0, 0.1) is 0 Å². The van der Waals surface area contributed by atoms with Gasteiger partial charge in [-0.1, -0.05) is 23.7 Å². The Kier molecular flexibility index (Phi) is 7.27. The van der Waals surface area contributed by atoms with E-state index >= 15 is 0 Å². The van der Waals surface area contributed by atoms with Crippen molar-refractivity contribution in [2.75, 3.05) is 11.3 Å². The number of carbonyl (C=O) groups excluding carboxylic acids is 1. The second-order valence-corrected chi connectivity index (χ2v) is 9.06. The van der Waals surface area contributed by atoms with Crippen molar-refractivity contribution in [3.05, 3.63) is 82.9 Å². The normalized spacial score (nSPS) is 12.1. The second-order valence-electron chi connectivity index (χ2n) is 7.00. The van der Waals surface area contributed by atoms with Crippen LogP contribution in [0.25, 0.3) is 0 Å². The monoisotopic (exact) mass is 474 g/mol. The maximum Gasteiger partial charge on any atom is 0.263 e. The zero-order valence-electron chi connectivity index (χ0n) is 17.5. The summed E-state index contributed by atoms with van der Waals surface area (Å²) in [6, 6.07) is 16.6. The quantitative estimate of drug-likeness (QED) is 0.437. The first-order valence-corrected chi connectivity index (χ1v) is 11.7. The van der Waals surface area contributed by atoms with E-state index in [1.165, 1.54) is 24.3 Å². The molecule has 0 radical (unpaired) electrons. The number of nitrogens with one attached hydrogen (secondary N) is 2. The Bertz CT molecular complexity index is 1210. The average Bonchev–Trinajstić information content (AvgIpc) is 2.75. The first kappa shape index (κ1) is 23.4. The van der Waals surface area contributed by atoms with Crippen LogP contribution in [0.2, 0.25) is 5.02 Å². The van der Waals surface area contributed by atoms with Gasteiger partial charge in [0.2, 0.25) is 0 Å². The molecule has 0 spiro atoms. The standard InChI is InChI=1S/C23H23ClN2O5S/c1-3-31-20-10-8-18(9-11-20)26-32(29,30)22-14-17(7-12-21(22)24)23(28)25-15(2)16-5-4-6-19(27)13-16/h4-15,26-27H,3H2,1-2H3,(H,25,28). The summed E-state index contributed by atoms with van der Waals surface area (Å²) >= 11 is 6.14. The van der Waals surface area contributed by atoms with Crippen molar-refractivity contribution in [1.82, 2.24) is 5.32 Å². The molecule has 0 fully saturated rings. The largest absolute Gasteiger partial charge is 0.508 e. The van der Waals surface area contributed by atoms with E-state index in [1.54, 1.807) is 49.4 Å². The minimum Gasteiger partial charge on any atom is -0.508 e. The van der Waals surface area contributed by atoms with E-state index in [0.29, 0.717) is 23.6 Å². The molecule has 3 rings (SSSR count). The Hall–Kier alpha value is -3.23. The smallest absolute Gasteiger partial charge is 0.263 e. The molecule has 0 heterocycles. The highest BCUT2D eigenvalue weighted by molar-refractivity contribution is 7.92. The number of hydrogen-bond donors (Lipinski definition) is 3. The SMILES string of the molecule is CCOc1ccc(NS(=O)(=O)c2cc(C(=O)NC(C)c3cccc(O)c3)ccc2Cl)cc1. The van der Waals surface area contributed by atoms with Crippen molar-refractivity contribution in [2.24, 2.45) is 0 Å². The number of phenolic OH excluding ortho intramolecular Hbond substituents is 1. The Balaban J connectivity index is 1.80. The third-order valence-corrected chi connectivity index (χ3v) is 6.48. The van der Waals surface area contributed by atoms with Crippen molar-refractivity contribution < 1.29 is 23.1 Å². The zero-order chi connectivity index (χ0) is 23.3. The molecule has 9 heteroatoms. The van der Waals surface area contributed by atoms with Gasteiger partial charge in [-0.2, -0.15) is 0 Å². The molecular weight excluding hydrogens is 452 g/mol. The highest BCUT2D eigenvalue weighted by Crippen LogP contribution is 2.26. The predicted molar refractivity (Wildman–Crippen MR) is 124 cm³/mol. The van der Waals surface area contributed by atoms with E-state index in [9.17, 15) is 18.3 Å². The molecule has 0 saturated heterocycles. The third-order valence-electron chi connectivity index (χ3n) is 4.62. The van der Waals surface area contributed by atoms with Crippen molar-refractivity contribution in [3.8, 4) is 11.5 Å². The lowest BCUT2D eigenvalue weighted by Gasteiger charge is -2.16. The van der Waals surface area contributed by atoms with Crippen LogP contribution in [0.4, 0.5) is 5.69 Å². The second kappa shape index (κ2) is 9.93. The summed E-state index contributed by atoms with van der Waals surface area (Å²) in [5, 5.41) is 12.4. The number of benzene rings is 3. The summed E-state index contributed by atoms with van der Waals surface area (Å²) in [6.45, 7) is 4.11. The van der Waals surface area contributed by atoms with Gasteiger partial charge in [0.1, 0.15) is 16.4 Å². The van der Waals surface area contributed by atoms with E-state index in [-0.39, 0.29) is 21.2 Å². The molecule has 32 heavy (non-hydrogen) atoms. The molecule has 0 aliphatic carbocycles. The molecule has 7 nitrogen and oxygen atoms in total. The first-order valence-electron chi connectivity index (χ1n) is 9.84. The van der Waals surface area contributed by atoms with E-state index < -0.39 is 22.0 Å². The molecule has 0 saturated carbocycles. The van der Waals surface area contributed by atoms with Crippen LogP contribution >= 0.6 is 11.6 Å². The summed E-state index contributed by atoms with van der Waals surface area (Å²) in [6.07, 6.45) is 0. The Labute approximate surface area is 192 Å². The summed E-state index contributed by atoms with van der Waals surface area (Å²) in [5.41, 5.74) is 1.17. The van der Waals surface area contributed by atoms with Crippen molar-refractivity contribution >= 4 is 33.2 Å². The van der Waals surface area contributed by atoms with E-state index in [2.05, 4.69) is 10.0 Å². The van der Waals surface area contributed by atoms with E-state index in [4.69, 9.17) is 16.3 Å². The van der Waals surface area contributed by atoms with Gasteiger partial charge >= 0.3 is 0 Å². The summed E-state index contributed by atoms with van der Waals surface area (Å²) in [4.78, 5) is 12.5. The van der Waals surface area contributed by atoms with E-state index in [0.717, 1.165) is 0 Å². The molecule has 0 aliphatic rings. The van der Waals surface area contributed by atoms with Gasteiger partial charge in [0.15, 0.2) is 0 Å². The van der Waals surface area contributed by atoms with Crippen LogP contribution in [0.5, 0.6) is 11.5 Å². The van der Waals surface area contributed by atoms with Crippen LogP contribution in [0.1, 0.15) is 35.8 Å². The topological polar surface area (TPSA) is 105 Å². The number of hydrogen-bond acceptors (Lipinski definition) is 5. The molecule has 3 aromatic carbocycles. The number of sulfonamides is 1. The number of rotatable bonds is 8. The lowest BCUT2D eigenvalue weighted by atomic mass is 10.1. The zero-order valence-corrected chi connectivity index (χ0v) is 19.1. The van der Waals surface area contributed by atoms with Crippen LogP contribution in [-0.2, 0) is 10.0 Å². The molecule has 1 amide bonds. The fraction of sp³-hybridized carbons (Fsp3) is 0.174. The fourth-order valence-electron chi connectivity index (χ4n) is 3.00. The molecule has 0 aliphatic heterocycles. The van der Waals surface area contributed by atoms with Crippen molar-refractivity contribution in [2.45, 2.75) is 24.8 Å². The molecule has 1 unspecified atom stereocenters. The Morgan fingerprint density at radius 2 is 1.81 bits per heavy atom. The number of phenols is 1. The third kappa shape index (κ3) is 5.72. The number of halogens is 1. The molecular formula is C23H23ClN2O5S. The van der Waals surface area contributed by atoms with Crippen LogP contribution < -0.4 is 14.8 Å². The number of anilines is 1. The first-order chi connectivity index (χ1) is 15.2. The van der Waals surface area contributed by atoms with Gasteiger partial charge in [0, 0.05) is 11.3 Å². The fourth-order valence-corrected chi connectivity index (χ4v) is 4.59. The van der Waals surface area contributed by atoms with Gasteiger partial charge in [0.05, 0.1) is 17.7 Å². The Morgan fingerprint density at radius 3 is 2.47 bits per heavy atom. The number of amides is 1. The van der Waals surface area contributed by atoms with Crippen LogP contribution in [0.15, 0.2) is 71.6 Å². The van der Waals surface area contributed by atoms with Gasteiger partial charge in [-0.25, -0.2) is 8.42 Å². The number of carbonyl (C=O) groups is 1. The van der Waals surface area contributed by atoms with Gasteiger partial charge in [-0.3, -0.25) is 9.52 Å². The molecule has 1 atom stereocenters. The predicted octanol–water partition coefficient (Wildman–Crippen LogP) is 4.74. The Morgan fingerprint density at radius 1 is 1.09 bits per heavy atom. The minimum atomic E-state index is -4.05. The molecule has 3 N–H and O–H groups in total. The molecule has 0 aromatic heterocycles. The van der Waals surface area contributed by atoms with Gasteiger partial charge in [-0.05, 0) is 74.0 Å².